The Hall–Kier alpha value is -0.870. The fourth-order valence-electron chi connectivity index (χ4n) is 3.16. The predicted molar refractivity (Wildman–Crippen MR) is 61.8 cm³/mol. The molecule has 0 bridgehead atoms. The third-order valence-corrected chi connectivity index (χ3v) is 4.24. The molecular weight excluding hydrogens is 204 g/mol. The third kappa shape index (κ3) is 1.20. The summed E-state index contributed by atoms with van der Waals surface area (Å²) in [5.74, 6) is 0.0801. The fourth-order valence-corrected chi connectivity index (χ4v) is 3.16. The molecule has 1 saturated heterocycles. The van der Waals surface area contributed by atoms with Crippen LogP contribution in [0.3, 0.4) is 0 Å². The first kappa shape index (κ1) is 11.6. The van der Waals surface area contributed by atoms with Crippen LogP contribution in [0, 0.1) is 11.3 Å². The molecular formula is C12H20N2O2. The van der Waals surface area contributed by atoms with Gasteiger partial charge in [-0.05, 0) is 6.42 Å². The number of hydrogen-bond acceptors (Lipinski definition) is 3. The maximum atomic E-state index is 12.1. The molecule has 1 aliphatic heterocycles. The second kappa shape index (κ2) is 3.57. The van der Waals surface area contributed by atoms with E-state index in [0.29, 0.717) is 13.2 Å². The van der Waals surface area contributed by atoms with Gasteiger partial charge in [0, 0.05) is 24.5 Å². The van der Waals surface area contributed by atoms with E-state index in [4.69, 9.17) is 10.5 Å². The van der Waals surface area contributed by atoms with Crippen LogP contribution in [0.4, 0.5) is 0 Å². The first-order valence-electron chi connectivity index (χ1n) is 5.76. The van der Waals surface area contributed by atoms with E-state index >= 15 is 0 Å². The molecule has 3 N–H and O–H groups in total. The van der Waals surface area contributed by atoms with Gasteiger partial charge in [-0.2, -0.15) is 0 Å². The van der Waals surface area contributed by atoms with Gasteiger partial charge in [-0.25, -0.2) is 0 Å². The van der Waals surface area contributed by atoms with Crippen molar-refractivity contribution in [1.82, 2.24) is 5.32 Å². The summed E-state index contributed by atoms with van der Waals surface area (Å²) in [4.78, 5) is 12.1. The van der Waals surface area contributed by atoms with Gasteiger partial charge in [0.1, 0.15) is 5.54 Å². The second-order valence-corrected chi connectivity index (χ2v) is 5.28. The number of carbonyl (C=O) groups excluding carboxylic acids is 1. The Bertz CT molecular complexity index is 327. The molecule has 3 atom stereocenters. The molecule has 4 heteroatoms. The van der Waals surface area contributed by atoms with Crippen molar-refractivity contribution in [1.29, 1.82) is 0 Å². The monoisotopic (exact) mass is 224 g/mol. The van der Waals surface area contributed by atoms with Crippen LogP contribution < -0.4 is 11.1 Å². The van der Waals surface area contributed by atoms with Gasteiger partial charge in [0.05, 0.1) is 6.10 Å². The van der Waals surface area contributed by atoms with Crippen molar-refractivity contribution in [3.8, 4) is 0 Å². The molecule has 4 nitrogen and oxygen atoms in total. The molecule has 3 unspecified atom stereocenters. The number of amides is 1. The smallest absolute Gasteiger partial charge is 0.241 e. The van der Waals surface area contributed by atoms with Gasteiger partial charge in [-0.1, -0.05) is 19.9 Å². The molecule has 0 radical (unpaired) electrons. The van der Waals surface area contributed by atoms with E-state index in [-0.39, 0.29) is 23.3 Å². The Morgan fingerprint density at radius 3 is 3.00 bits per heavy atom. The van der Waals surface area contributed by atoms with Crippen molar-refractivity contribution < 1.29 is 9.53 Å². The number of nitrogens with one attached hydrogen (secondary N) is 1. The first-order chi connectivity index (χ1) is 7.46. The van der Waals surface area contributed by atoms with E-state index < -0.39 is 5.54 Å². The average molecular weight is 224 g/mol. The summed E-state index contributed by atoms with van der Waals surface area (Å²) in [6.45, 7) is 8.77. The molecule has 2 aliphatic rings. The van der Waals surface area contributed by atoms with Crippen LogP contribution in [0.5, 0.6) is 0 Å². The Morgan fingerprint density at radius 1 is 1.69 bits per heavy atom. The molecule has 1 heterocycles. The quantitative estimate of drug-likeness (QED) is 0.683. The van der Waals surface area contributed by atoms with Crippen molar-refractivity contribution in [2.24, 2.45) is 17.1 Å². The standard InChI is InChI=1S/C12H20N2O2/c1-4-6-14-10(15)12(13)8-5-7-16-9(8)11(12,2)3/h4,8-9H,1,5-7,13H2,2-3H3,(H,14,15). The molecule has 0 spiro atoms. The molecule has 1 saturated carbocycles. The maximum Gasteiger partial charge on any atom is 0.241 e. The lowest BCUT2D eigenvalue weighted by atomic mass is 9.48. The van der Waals surface area contributed by atoms with E-state index in [1.807, 2.05) is 13.8 Å². The largest absolute Gasteiger partial charge is 0.377 e. The van der Waals surface area contributed by atoms with Gasteiger partial charge in [-0.15, -0.1) is 6.58 Å². The van der Waals surface area contributed by atoms with Gasteiger partial charge in [0.2, 0.25) is 5.91 Å². The van der Waals surface area contributed by atoms with Gasteiger partial charge in [0.15, 0.2) is 0 Å². The fraction of sp³-hybridized carbons (Fsp3) is 0.750. The normalized spacial score (nSPS) is 39.7. The lowest BCUT2D eigenvalue weighted by Crippen LogP contribution is -2.80. The Morgan fingerprint density at radius 2 is 2.38 bits per heavy atom. The zero-order chi connectivity index (χ0) is 12.0. The lowest BCUT2D eigenvalue weighted by molar-refractivity contribution is -0.175. The highest BCUT2D eigenvalue weighted by atomic mass is 16.5. The molecule has 2 fully saturated rings. The predicted octanol–water partition coefficient (Wildman–Crippen LogP) is 0.431. The highest BCUT2D eigenvalue weighted by Gasteiger charge is 2.71. The van der Waals surface area contributed by atoms with Crippen molar-refractivity contribution >= 4 is 5.91 Å². The zero-order valence-corrected chi connectivity index (χ0v) is 9.95. The van der Waals surface area contributed by atoms with E-state index in [1.54, 1.807) is 6.08 Å². The molecule has 90 valence electrons. The maximum absolute atomic E-state index is 12.1. The number of fused-ring (bicyclic) bond motifs is 1. The number of nitrogens with two attached hydrogens (primary N) is 1. The topological polar surface area (TPSA) is 64.4 Å². The molecule has 0 aromatic rings. The SMILES string of the molecule is C=CCNC(=O)C1(N)C2CCOC2C1(C)C. The number of ether oxygens (including phenoxy) is 1. The number of carbonyl (C=O) groups is 1. The highest BCUT2D eigenvalue weighted by molar-refractivity contribution is 5.89. The second-order valence-electron chi connectivity index (χ2n) is 5.28. The van der Waals surface area contributed by atoms with Crippen LogP contribution in [0.15, 0.2) is 12.7 Å². The van der Waals surface area contributed by atoms with Crippen molar-refractivity contribution in [2.45, 2.75) is 31.9 Å². The van der Waals surface area contributed by atoms with Crippen molar-refractivity contribution in [3.05, 3.63) is 12.7 Å². The molecule has 1 amide bonds. The molecule has 0 aromatic carbocycles. The number of rotatable bonds is 3. The summed E-state index contributed by atoms with van der Waals surface area (Å²) >= 11 is 0. The third-order valence-electron chi connectivity index (χ3n) is 4.24. The summed E-state index contributed by atoms with van der Waals surface area (Å²) in [6.07, 6.45) is 2.67. The van der Waals surface area contributed by atoms with Crippen molar-refractivity contribution in [2.75, 3.05) is 13.2 Å². The average Bonchev–Trinajstić information content (AvgIpc) is 2.72. The molecule has 16 heavy (non-hydrogen) atoms. The van der Waals surface area contributed by atoms with Crippen LogP contribution in [0.1, 0.15) is 20.3 Å². The molecule has 2 rings (SSSR count). The zero-order valence-electron chi connectivity index (χ0n) is 9.95. The minimum Gasteiger partial charge on any atom is -0.377 e. The molecule has 1 aliphatic carbocycles. The van der Waals surface area contributed by atoms with Crippen LogP contribution in [0.2, 0.25) is 0 Å². The van der Waals surface area contributed by atoms with Crippen LogP contribution in [-0.2, 0) is 9.53 Å². The van der Waals surface area contributed by atoms with E-state index in [1.165, 1.54) is 0 Å². The number of hydrogen-bond donors (Lipinski definition) is 2. The van der Waals surface area contributed by atoms with Crippen LogP contribution in [-0.4, -0.2) is 30.7 Å². The van der Waals surface area contributed by atoms with E-state index in [9.17, 15) is 4.79 Å². The summed E-state index contributed by atoms with van der Waals surface area (Å²) in [5, 5.41) is 2.81. The Balaban J connectivity index is 2.17. The Kier molecular flexibility index (Phi) is 2.59. The Labute approximate surface area is 96.2 Å². The minimum absolute atomic E-state index is 0.0795. The van der Waals surface area contributed by atoms with Gasteiger partial charge >= 0.3 is 0 Å². The first-order valence-corrected chi connectivity index (χ1v) is 5.76. The van der Waals surface area contributed by atoms with E-state index in [0.717, 1.165) is 6.42 Å². The minimum atomic E-state index is -0.794. The summed E-state index contributed by atoms with van der Waals surface area (Å²) in [5.41, 5.74) is 5.24. The van der Waals surface area contributed by atoms with Crippen LogP contribution in [0.25, 0.3) is 0 Å². The highest BCUT2D eigenvalue weighted by Crippen LogP contribution is 2.58. The van der Waals surface area contributed by atoms with E-state index in [2.05, 4.69) is 11.9 Å². The van der Waals surface area contributed by atoms with Gasteiger partial charge in [-0.3, -0.25) is 4.79 Å². The van der Waals surface area contributed by atoms with Gasteiger partial charge in [0.25, 0.3) is 0 Å². The summed E-state index contributed by atoms with van der Waals surface area (Å²) in [7, 11) is 0. The van der Waals surface area contributed by atoms with Gasteiger partial charge < -0.3 is 15.8 Å². The molecule has 0 aromatic heterocycles. The lowest BCUT2D eigenvalue weighted by Gasteiger charge is -2.60. The van der Waals surface area contributed by atoms with Crippen molar-refractivity contribution in [3.63, 3.8) is 0 Å². The summed E-state index contributed by atoms with van der Waals surface area (Å²) in [6, 6.07) is 0. The van der Waals surface area contributed by atoms with Crippen LogP contribution >= 0.6 is 0 Å². The summed E-state index contributed by atoms with van der Waals surface area (Å²) < 4.78 is 5.64.